The van der Waals surface area contributed by atoms with Crippen LogP contribution < -0.4 is 0 Å². The normalized spacial score (nSPS) is 10.0. The Labute approximate surface area is 125 Å². The van der Waals surface area contributed by atoms with E-state index in [1.54, 1.807) is 30.3 Å². The summed E-state index contributed by atoms with van der Waals surface area (Å²) in [6.45, 7) is 0. The van der Waals surface area contributed by atoms with E-state index in [-0.39, 0.29) is 6.42 Å². The van der Waals surface area contributed by atoms with Crippen molar-refractivity contribution >= 4 is 29.3 Å². The van der Waals surface area contributed by atoms with Gasteiger partial charge in [-0.05, 0) is 35.9 Å². The van der Waals surface area contributed by atoms with Crippen molar-refractivity contribution in [2.45, 2.75) is 16.2 Å². The molecule has 0 bridgehead atoms. The first-order chi connectivity index (χ1) is 9.58. The third kappa shape index (κ3) is 3.77. The summed E-state index contributed by atoms with van der Waals surface area (Å²) < 4.78 is 0. The zero-order valence-electron chi connectivity index (χ0n) is 10.3. The molecule has 0 amide bonds. The molecule has 20 heavy (non-hydrogen) atoms. The Hall–Kier alpha value is -1.96. The zero-order valence-corrected chi connectivity index (χ0v) is 11.9. The molecule has 5 heteroatoms. The smallest absolute Gasteiger partial charge is 0.307 e. The van der Waals surface area contributed by atoms with Gasteiger partial charge in [0.25, 0.3) is 0 Å². The molecule has 0 spiro atoms. The fourth-order valence-corrected chi connectivity index (χ4v) is 2.70. The minimum absolute atomic E-state index is 0.00926. The van der Waals surface area contributed by atoms with Crippen molar-refractivity contribution in [2.24, 2.45) is 0 Å². The van der Waals surface area contributed by atoms with Gasteiger partial charge in [0.15, 0.2) is 0 Å². The number of nitrogens with zero attached hydrogens (tertiary/aromatic N) is 1. The van der Waals surface area contributed by atoms with Gasteiger partial charge in [0.05, 0.1) is 12.0 Å². The molecule has 0 saturated heterocycles. The van der Waals surface area contributed by atoms with Gasteiger partial charge in [-0.3, -0.25) is 4.79 Å². The highest BCUT2D eigenvalue weighted by atomic mass is 35.5. The van der Waals surface area contributed by atoms with Gasteiger partial charge in [0.2, 0.25) is 0 Å². The van der Waals surface area contributed by atoms with Crippen LogP contribution in [-0.2, 0) is 11.2 Å². The van der Waals surface area contributed by atoms with Crippen molar-refractivity contribution < 1.29 is 9.90 Å². The molecule has 0 radical (unpaired) electrons. The van der Waals surface area contributed by atoms with E-state index >= 15 is 0 Å². The molecule has 2 rings (SSSR count). The van der Waals surface area contributed by atoms with Crippen molar-refractivity contribution in [1.82, 2.24) is 0 Å². The van der Waals surface area contributed by atoms with Gasteiger partial charge in [-0.25, -0.2) is 0 Å². The average molecular weight is 304 g/mol. The van der Waals surface area contributed by atoms with Crippen LogP contribution in [0.3, 0.4) is 0 Å². The summed E-state index contributed by atoms with van der Waals surface area (Å²) >= 11 is 7.30. The summed E-state index contributed by atoms with van der Waals surface area (Å²) in [5.41, 5.74) is 1.27. The Morgan fingerprint density at radius 3 is 2.55 bits per heavy atom. The van der Waals surface area contributed by atoms with E-state index in [0.717, 1.165) is 15.4 Å². The number of benzene rings is 2. The lowest BCUT2D eigenvalue weighted by molar-refractivity contribution is -0.136. The van der Waals surface area contributed by atoms with E-state index in [9.17, 15) is 4.79 Å². The molecule has 0 fully saturated rings. The minimum atomic E-state index is -0.852. The molecule has 0 unspecified atom stereocenters. The lowest BCUT2D eigenvalue weighted by Crippen LogP contribution is -1.99. The maximum atomic E-state index is 10.6. The van der Waals surface area contributed by atoms with Gasteiger partial charge >= 0.3 is 5.97 Å². The first-order valence-corrected chi connectivity index (χ1v) is 6.96. The second-order valence-electron chi connectivity index (χ2n) is 4.07. The highest BCUT2D eigenvalue weighted by molar-refractivity contribution is 7.99. The van der Waals surface area contributed by atoms with Gasteiger partial charge in [0.1, 0.15) is 6.07 Å². The van der Waals surface area contributed by atoms with Crippen molar-refractivity contribution in [2.75, 3.05) is 0 Å². The van der Waals surface area contributed by atoms with E-state index in [1.807, 2.05) is 12.1 Å². The highest BCUT2D eigenvalue weighted by Crippen LogP contribution is 2.31. The van der Waals surface area contributed by atoms with E-state index in [4.69, 9.17) is 22.0 Å². The zero-order chi connectivity index (χ0) is 14.5. The number of nitriles is 1. The molecule has 0 saturated carbocycles. The summed E-state index contributed by atoms with van der Waals surface area (Å²) in [6.07, 6.45) is 0.00926. The summed E-state index contributed by atoms with van der Waals surface area (Å²) in [7, 11) is 0. The van der Waals surface area contributed by atoms with Gasteiger partial charge in [-0.2, -0.15) is 5.26 Å². The molecule has 0 atom stereocenters. The van der Waals surface area contributed by atoms with Crippen LogP contribution in [0.5, 0.6) is 0 Å². The van der Waals surface area contributed by atoms with E-state index in [2.05, 4.69) is 6.07 Å². The van der Waals surface area contributed by atoms with Crippen LogP contribution >= 0.6 is 23.4 Å². The Morgan fingerprint density at radius 1 is 1.25 bits per heavy atom. The van der Waals surface area contributed by atoms with Crippen molar-refractivity contribution in [3.8, 4) is 6.07 Å². The van der Waals surface area contributed by atoms with E-state index < -0.39 is 5.97 Å². The maximum Gasteiger partial charge on any atom is 0.307 e. The summed E-state index contributed by atoms with van der Waals surface area (Å²) in [5.74, 6) is -0.852. The van der Waals surface area contributed by atoms with Gasteiger partial charge in [0, 0.05) is 14.8 Å². The topological polar surface area (TPSA) is 61.1 Å². The molecule has 0 aromatic heterocycles. The predicted molar refractivity (Wildman–Crippen MR) is 78.1 cm³/mol. The van der Waals surface area contributed by atoms with E-state index in [0.29, 0.717) is 10.6 Å². The molecule has 0 aliphatic rings. The number of carboxylic acid groups (broad SMARTS) is 1. The summed E-state index contributed by atoms with van der Waals surface area (Å²) in [6, 6.07) is 14.5. The van der Waals surface area contributed by atoms with Crippen LogP contribution in [-0.4, -0.2) is 11.1 Å². The number of aliphatic carboxylic acids is 1. The monoisotopic (exact) mass is 303 g/mol. The molecule has 0 aliphatic heterocycles. The fraction of sp³-hybridized carbons (Fsp3) is 0.0667. The van der Waals surface area contributed by atoms with Crippen molar-refractivity contribution in [3.63, 3.8) is 0 Å². The second-order valence-corrected chi connectivity index (χ2v) is 5.62. The van der Waals surface area contributed by atoms with Crippen LogP contribution in [0.25, 0.3) is 0 Å². The minimum Gasteiger partial charge on any atom is -0.481 e. The average Bonchev–Trinajstić information content (AvgIpc) is 2.42. The van der Waals surface area contributed by atoms with Crippen LogP contribution in [0.1, 0.15) is 11.1 Å². The molecule has 0 aliphatic carbocycles. The Balaban J connectivity index is 2.18. The first kappa shape index (κ1) is 14.4. The van der Waals surface area contributed by atoms with Gasteiger partial charge in [-0.15, -0.1) is 0 Å². The first-order valence-electron chi connectivity index (χ1n) is 5.77. The predicted octanol–water partition coefficient (Wildman–Crippen LogP) is 3.99. The molecule has 2 aromatic carbocycles. The van der Waals surface area contributed by atoms with Crippen molar-refractivity contribution in [1.29, 1.82) is 5.26 Å². The van der Waals surface area contributed by atoms with Crippen molar-refractivity contribution in [3.05, 3.63) is 58.6 Å². The summed E-state index contributed by atoms with van der Waals surface area (Å²) in [5, 5.41) is 18.3. The summed E-state index contributed by atoms with van der Waals surface area (Å²) in [4.78, 5) is 12.4. The van der Waals surface area contributed by atoms with E-state index in [1.165, 1.54) is 11.8 Å². The second kappa shape index (κ2) is 6.47. The maximum absolute atomic E-state index is 10.6. The van der Waals surface area contributed by atoms with Crippen LogP contribution in [0.15, 0.2) is 52.3 Å². The highest BCUT2D eigenvalue weighted by Gasteiger charge is 2.06. The lowest BCUT2D eigenvalue weighted by atomic mass is 10.2. The van der Waals surface area contributed by atoms with Gasteiger partial charge < -0.3 is 5.11 Å². The number of hydrogen-bond acceptors (Lipinski definition) is 3. The third-order valence-corrected chi connectivity index (χ3v) is 3.89. The largest absolute Gasteiger partial charge is 0.481 e. The third-order valence-electron chi connectivity index (χ3n) is 2.57. The quantitative estimate of drug-likeness (QED) is 0.927. The molecular weight excluding hydrogens is 294 g/mol. The van der Waals surface area contributed by atoms with Crippen LogP contribution in [0, 0.1) is 11.3 Å². The number of hydrogen-bond donors (Lipinski definition) is 1. The Bertz CT molecular complexity index is 677. The molecule has 0 heterocycles. The lowest BCUT2D eigenvalue weighted by Gasteiger charge is -2.05. The number of carboxylic acids is 1. The van der Waals surface area contributed by atoms with Gasteiger partial charge in [-0.1, -0.05) is 35.5 Å². The van der Waals surface area contributed by atoms with Crippen LogP contribution in [0.4, 0.5) is 0 Å². The fourth-order valence-electron chi connectivity index (χ4n) is 1.66. The Kier molecular flexibility index (Phi) is 4.67. The number of halogens is 1. The number of carbonyl (C=O) groups is 1. The molecule has 3 nitrogen and oxygen atoms in total. The molecule has 2 aromatic rings. The molecule has 100 valence electrons. The molecular formula is C15H10ClNO2S. The molecule has 1 N–H and O–H groups in total. The number of rotatable bonds is 4. The standard InChI is InChI=1S/C15H10ClNO2S/c16-12-3-6-14(11(8-12)9-17)20-13-4-1-10(2-5-13)7-15(18)19/h1-6,8H,7H2,(H,18,19). The SMILES string of the molecule is N#Cc1cc(Cl)ccc1Sc1ccc(CC(=O)O)cc1. The van der Waals surface area contributed by atoms with Crippen LogP contribution in [0.2, 0.25) is 5.02 Å². The Morgan fingerprint density at radius 2 is 1.95 bits per heavy atom.